The molecular weight excluding hydrogens is 552 g/mol. The minimum Gasteiger partial charge on any atom is -0.278 e. The molecule has 4 aromatic heterocycles. The summed E-state index contributed by atoms with van der Waals surface area (Å²) in [5, 5.41) is 0. The molecule has 0 aliphatic carbocycles. The van der Waals surface area contributed by atoms with Gasteiger partial charge in [-0.25, -0.2) is 9.97 Å². The summed E-state index contributed by atoms with van der Waals surface area (Å²) in [4.78, 5) is 10.6. The molecule has 0 aliphatic rings. The number of imidazole rings is 4. The highest BCUT2D eigenvalue weighted by Gasteiger charge is 2.21. The molecule has 0 spiro atoms. The molecule has 6 nitrogen and oxygen atoms in total. The maximum Gasteiger partial charge on any atom is 0.220 e. The van der Waals surface area contributed by atoms with Crippen LogP contribution in [0.1, 0.15) is 38.3 Å². The zero-order chi connectivity index (χ0) is 30.4. The molecule has 220 valence electrons. The van der Waals surface area contributed by atoms with Crippen LogP contribution in [0.2, 0.25) is 0 Å². The molecule has 4 heterocycles. The van der Waals surface area contributed by atoms with Gasteiger partial charge in [0.25, 0.3) is 0 Å². The van der Waals surface area contributed by atoms with Gasteiger partial charge in [0.15, 0.2) is 0 Å². The Morgan fingerprint density at radius 3 is 1.62 bits per heavy atom. The fraction of sp³-hybridized carbons (Fsp3) is 0.179. The van der Waals surface area contributed by atoms with Crippen LogP contribution in [0.3, 0.4) is 0 Å². The molecule has 0 radical (unpaired) electrons. The van der Waals surface area contributed by atoms with Gasteiger partial charge in [-0.15, -0.1) is 0 Å². The van der Waals surface area contributed by atoms with E-state index < -0.39 is 0 Å². The van der Waals surface area contributed by atoms with Crippen LogP contribution < -0.4 is 0 Å². The molecule has 0 saturated heterocycles. The monoisotopic (exact) mass is 586 g/mol. The molecule has 0 aliphatic heterocycles. The highest BCUT2D eigenvalue weighted by atomic mass is 15.2. The molecule has 0 saturated carbocycles. The molecule has 5 aromatic carbocycles. The van der Waals surface area contributed by atoms with Crippen molar-refractivity contribution in [2.45, 2.75) is 40.5 Å². The summed E-state index contributed by atoms with van der Waals surface area (Å²) in [7, 11) is 0. The predicted molar refractivity (Wildman–Crippen MR) is 185 cm³/mol. The van der Waals surface area contributed by atoms with E-state index >= 15 is 0 Å². The van der Waals surface area contributed by atoms with E-state index in [2.05, 4.69) is 155 Å². The third kappa shape index (κ3) is 3.81. The van der Waals surface area contributed by atoms with Crippen LogP contribution in [0.5, 0.6) is 0 Å². The molecule has 45 heavy (non-hydrogen) atoms. The summed E-state index contributed by atoms with van der Waals surface area (Å²) in [5.41, 5.74) is 13.8. The Kier molecular flexibility index (Phi) is 5.40. The Morgan fingerprint density at radius 2 is 1.02 bits per heavy atom. The quantitative estimate of drug-likeness (QED) is 0.206. The Labute approximate surface area is 260 Å². The molecular formula is C39H34N6. The van der Waals surface area contributed by atoms with E-state index in [0.717, 1.165) is 79.9 Å². The predicted octanol–water partition coefficient (Wildman–Crippen LogP) is 9.46. The third-order valence-electron chi connectivity index (χ3n) is 9.24. The van der Waals surface area contributed by atoms with Crippen LogP contribution in [0.15, 0.2) is 109 Å². The summed E-state index contributed by atoms with van der Waals surface area (Å²) in [6, 6.07) is 39.0. The summed E-state index contributed by atoms with van der Waals surface area (Å²) < 4.78 is 9.20. The first kappa shape index (κ1) is 26.1. The van der Waals surface area contributed by atoms with Gasteiger partial charge in [0.05, 0.1) is 55.5 Å². The van der Waals surface area contributed by atoms with Gasteiger partial charge in [-0.1, -0.05) is 75.4 Å². The van der Waals surface area contributed by atoms with Crippen molar-refractivity contribution in [3.05, 3.63) is 120 Å². The third-order valence-corrected chi connectivity index (χ3v) is 9.24. The molecule has 9 rings (SSSR count). The smallest absolute Gasteiger partial charge is 0.220 e. The number of benzene rings is 5. The number of para-hydroxylation sites is 6. The second kappa shape index (κ2) is 9.32. The lowest BCUT2D eigenvalue weighted by Gasteiger charge is -2.17. The number of rotatable bonds is 4. The van der Waals surface area contributed by atoms with Crippen LogP contribution in [-0.2, 0) is 6.42 Å². The summed E-state index contributed by atoms with van der Waals surface area (Å²) >= 11 is 0. The lowest BCUT2D eigenvalue weighted by molar-refractivity contribution is 0.378. The van der Waals surface area contributed by atoms with E-state index in [1.807, 2.05) is 0 Å². The Morgan fingerprint density at radius 1 is 0.533 bits per heavy atom. The molecule has 0 unspecified atom stereocenters. The molecule has 0 amide bonds. The number of fused-ring (bicyclic) bond motifs is 10. The normalized spacial score (nSPS) is 12.6. The standard InChI is InChI=1S/C39H34N6/c1-25-12-9-20-33-35(25)40-37-42(29-16-5-7-18-31(29)44(33)37)27-14-11-15-28(24-27)43-30-17-6-8-19-32(30)45-34-21-10-13-26(22-23-39(2,3)4)36(34)41-38(43)45/h5-21,24H,22-23H2,1-4H3. The number of aryl methyl sites for hydroxylation is 2. The largest absolute Gasteiger partial charge is 0.278 e. The Balaban J connectivity index is 1.30. The van der Waals surface area contributed by atoms with Gasteiger partial charge in [-0.2, -0.15) is 0 Å². The summed E-state index contributed by atoms with van der Waals surface area (Å²) in [6.07, 6.45) is 2.11. The van der Waals surface area contributed by atoms with Gasteiger partial charge in [-0.3, -0.25) is 17.9 Å². The molecule has 0 fully saturated rings. The highest BCUT2D eigenvalue weighted by Crippen LogP contribution is 2.34. The first-order valence-electron chi connectivity index (χ1n) is 15.7. The SMILES string of the molecule is Cc1cccc2c1nc1n(-c3cccc(-n4c5ccccc5n5c6cccc(CCC(C)(C)C)c6nc45)c3)c3ccccc3n21. The maximum atomic E-state index is 5.36. The lowest BCUT2D eigenvalue weighted by atomic mass is 9.88. The van der Waals surface area contributed by atoms with Crippen molar-refractivity contribution < 1.29 is 0 Å². The van der Waals surface area contributed by atoms with Crippen molar-refractivity contribution in [1.82, 2.24) is 27.9 Å². The van der Waals surface area contributed by atoms with Gasteiger partial charge in [0.1, 0.15) is 0 Å². The Hall–Kier alpha value is -5.36. The second-order valence-corrected chi connectivity index (χ2v) is 13.5. The van der Waals surface area contributed by atoms with Crippen molar-refractivity contribution in [2.75, 3.05) is 0 Å². The van der Waals surface area contributed by atoms with Crippen LogP contribution in [-0.4, -0.2) is 27.9 Å². The van der Waals surface area contributed by atoms with Crippen molar-refractivity contribution in [3.63, 3.8) is 0 Å². The van der Waals surface area contributed by atoms with Gasteiger partial charge in [0, 0.05) is 0 Å². The maximum absolute atomic E-state index is 5.36. The number of hydrogen-bond acceptors (Lipinski definition) is 2. The van der Waals surface area contributed by atoms with Gasteiger partial charge < -0.3 is 0 Å². The zero-order valence-corrected chi connectivity index (χ0v) is 26.0. The summed E-state index contributed by atoms with van der Waals surface area (Å²) in [5.74, 6) is 1.84. The number of hydrogen-bond donors (Lipinski definition) is 0. The molecule has 9 aromatic rings. The second-order valence-electron chi connectivity index (χ2n) is 13.5. The average molecular weight is 587 g/mol. The van der Waals surface area contributed by atoms with Gasteiger partial charge in [0.2, 0.25) is 11.6 Å². The lowest BCUT2D eigenvalue weighted by Crippen LogP contribution is -2.06. The number of nitrogens with zero attached hydrogens (tertiary/aromatic N) is 6. The van der Waals surface area contributed by atoms with Crippen molar-refractivity contribution in [1.29, 1.82) is 0 Å². The minimum atomic E-state index is 0.261. The fourth-order valence-corrected chi connectivity index (χ4v) is 7.04. The van der Waals surface area contributed by atoms with Crippen molar-refractivity contribution >= 4 is 55.7 Å². The zero-order valence-electron chi connectivity index (χ0n) is 26.0. The summed E-state index contributed by atoms with van der Waals surface area (Å²) in [6.45, 7) is 9.05. The molecule has 0 atom stereocenters. The minimum absolute atomic E-state index is 0.261. The first-order chi connectivity index (χ1) is 21.9. The van der Waals surface area contributed by atoms with Gasteiger partial charge >= 0.3 is 0 Å². The highest BCUT2D eigenvalue weighted by molar-refractivity contribution is 5.95. The van der Waals surface area contributed by atoms with Crippen LogP contribution in [0.4, 0.5) is 0 Å². The fourth-order valence-electron chi connectivity index (χ4n) is 7.04. The van der Waals surface area contributed by atoms with E-state index in [9.17, 15) is 0 Å². The van der Waals surface area contributed by atoms with E-state index in [0.29, 0.717) is 0 Å². The van der Waals surface area contributed by atoms with Gasteiger partial charge in [-0.05, 0) is 90.9 Å². The van der Waals surface area contributed by atoms with E-state index in [1.165, 1.54) is 11.1 Å². The molecule has 6 heteroatoms. The van der Waals surface area contributed by atoms with Crippen LogP contribution >= 0.6 is 0 Å². The topological polar surface area (TPSA) is 44.5 Å². The average Bonchev–Trinajstić information content (AvgIpc) is 3.77. The van der Waals surface area contributed by atoms with E-state index in [1.54, 1.807) is 0 Å². The van der Waals surface area contributed by atoms with E-state index in [-0.39, 0.29) is 5.41 Å². The van der Waals surface area contributed by atoms with E-state index in [4.69, 9.17) is 9.97 Å². The van der Waals surface area contributed by atoms with Crippen molar-refractivity contribution in [2.24, 2.45) is 5.41 Å². The first-order valence-corrected chi connectivity index (χ1v) is 15.7. The van der Waals surface area contributed by atoms with Crippen molar-refractivity contribution in [3.8, 4) is 11.4 Å². The Bertz CT molecular complexity index is 2600. The molecule has 0 N–H and O–H groups in total. The molecule has 0 bridgehead atoms. The van der Waals surface area contributed by atoms with Crippen LogP contribution in [0.25, 0.3) is 67.1 Å². The van der Waals surface area contributed by atoms with Crippen LogP contribution in [0, 0.1) is 12.3 Å². The number of aromatic nitrogens is 6.